The van der Waals surface area contributed by atoms with Gasteiger partial charge in [-0.3, -0.25) is 14.2 Å². The van der Waals surface area contributed by atoms with Gasteiger partial charge in [-0.15, -0.1) is 0 Å². The Bertz CT molecular complexity index is 1730. The van der Waals surface area contributed by atoms with E-state index in [1.54, 1.807) is 60.0 Å². The van der Waals surface area contributed by atoms with Crippen LogP contribution in [0, 0.1) is 0 Å². The van der Waals surface area contributed by atoms with Crippen LogP contribution in [0.5, 0.6) is 0 Å². The molecule has 2 N–H and O–H groups in total. The number of ketones is 2. The average molecular weight is 462 g/mol. The van der Waals surface area contributed by atoms with E-state index in [0.717, 1.165) is 0 Å². The molecular weight excluding hydrogens is 444 g/mol. The van der Waals surface area contributed by atoms with Gasteiger partial charge in [0.2, 0.25) is 0 Å². The Morgan fingerprint density at radius 2 is 1.46 bits per heavy atom. The first-order valence-electron chi connectivity index (χ1n) is 11.1. The van der Waals surface area contributed by atoms with Crippen LogP contribution in [0.4, 0.5) is 5.82 Å². The van der Waals surface area contributed by atoms with Crippen LogP contribution in [-0.2, 0) is 4.74 Å². The van der Waals surface area contributed by atoms with Gasteiger partial charge in [0.15, 0.2) is 17.2 Å². The average Bonchev–Trinajstić information content (AvgIpc) is 3.16. The van der Waals surface area contributed by atoms with Gasteiger partial charge in [0.05, 0.1) is 17.6 Å². The highest BCUT2D eigenvalue weighted by molar-refractivity contribution is 6.28. The quantitative estimate of drug-likeness (QED) is 0.393. The Morgan fingerprint density at radius 3 is 2.14 bits per heavy atom. The number of nitrogens with zero attached hydrogens (tertiary/aromatic N) is 3. The number of rotatable bonds is 3. The van der Waals surface area contributed by atoms with Crippen LogP contribution in [0.25, 0.3) is 27.9 Å². The first-order valence-corrected chi connectivity index (χ1v) is 11.1. The Labute approximate surface area is 199 Å². The summed E-state index contributed by atoms with van der Waals surface area (Å²) in [4.78, 5) is 48.5. The number of carbonyl (C=O) groups excluding carboxylic acids is 3. The van der Waals surface area contributed by atoms with E-state index in [2.05, 4.69) is 4.98 Å². The molecular formula is C27H18N4O4. The lowest BCUT2D eigenvalue weighted by Crippen LogP contribution is -2.21. The van der Waals surface area contributed by atoms with E-state index < -0.39 is 5.97 Å². The molecule has 6 rings (SSSR count). The van der Waals surface area contributed by atoms with E-state index in [4.69, 9.17) is 15.5 Å². The minimum atomic E-state index is -0.614. The second kappa shape index (κ2) is 7.59. The van der Waals surface area contributed by atoms with E-state index in [1.807, 2.05) is 18.2 Å². The molecule has 0 saturated heterocycles. The van der Waals surface area contributed by atoms with Crippen molar-refractivity contribution in [1.82, 2.24) is 14.5 Å². The first-order chi connectivity index (χ1) is 17.0. The summed E-state index contributed by atoms with van der Waals surface area (Å²) in [5, 5.41) is 0. The van der Waals surface area contributed by atoms with E-state index >= 15 is 0 Å². The third kappa shape index (κ3) is 2.96. The standard InChI is InChI=1S/C27H18N4O4/c1-2-35-27(34)21-22-26(30-20-10-6-5-9-19(20)29-22)31(25(21)28)14-11-12-17-18(13-14)24(33)16-8-4-3-7-15(16)23(17)32/h3-13H,2,28H2,1H3. The second-order valence-electron chi connectivity index (χ2n) is 8.13. The van der Waals surface area contributed by atoms with Crippen LogP contribution in [0.2, 0.25) is 0 Å². The number of para-hydroxylation sites is 2. The zero-order chi connectivity index (χ0) is 24.3. The fourth-order valence-electron chi connectivity index (χ4n) is 4.55. The Hall–Kier alpha value is -4.85. The van der Waals surface area contributed by atoms with Gasteiger partial charge in [-0.1, -0.05) is 36.4 Å². The number of benzene rings is 3. The van der Waals surface area contributed by atoms with Crippen molar-refractivity contribution in [3.63, 3.8) is 0 Å². The van der Waals surface area contributed by atoms with Crippen LogP contribution >= 0.6 is 0 Å². The summed E-state index contributed by atoms with van der Waals surface area (Å²) >= 11 is 0. The number of ether oxygens (including phenoxy) is 1. The molecule has 0 atom stereocenters. The Morgan fingerprint density at radius 1 is 0.857 bits per heavy atom. The van der Waals surface area contributed by atoms with Crippen molar-refractivity contribution >= 4 is 45.6 Å². The van der Waals surface area contributed by atoms with E-state index in [0.29, 0.717) is 44.6 Å². The van der Waals surface area contributed by atoms with Gasteiger partial charge in [-0.2, -0.15) is 0 Å². The van der Waals surface area contributed by atoms with Crippen molar-refractivity contribution < 1.29 is 19.1 Å². The lowest BCUT2D eigenvalue weighted by Gasteiger charge is -2.18. The van der Waals surface area contributed by atoms with Gasteiger partial charge in [0.1, 0.15) is 16.9 Å². The summed E-state index contributed by atoms with van der Waals surface area (Å²) in [5.41, 5.74) is 10.2. The van der Waals surface area contributed by atoms with Gasteiger partial charge in [-0.25, -0.2) is 14.8 Å². The van der Waals surface area contributed by atoms with Crippen LogP contribution in [0.3, 0.4) is 0 Å². The molecule has 3 aromatic carbocycles. The number of hydrogen-bond donors (Lipinski definition) is 1. The molecule has 0 aliphatic heterocycles. The lowest BCUT2D eigenvalue weighted by atomic mass is 9.84. The minimum Gasteiger partial charge on any atom is -0.462 e. The smallest absolute Gasteiger partial charge is 0.344 e. The molecule has 2 heterocycles. The van der Waals surface area contributed by atoms with Crippen molar-refractivity contribution in [2.45, 2.75) is 6.92 Å². The maximum Gasteiger partial charge on any atom is 0.344 e. The summed E-state index contributed by atoms with van der Waals surface area (Å²) < 4.78 is 6.81. The number of fused-ring (bicyclic) bond motifs is 4. The third-order valence-corrected chi connectivity index (χ3v) is 6.14. The predicted molar refractivity (Wildman–Crippen MR) is 130 cm³/mol. The highest BCUT2D eigenvalue weighted by atomic mass is 16.5. The number of nitrogen functional groups attached to an aromatic ring is 1. The van der Waals surface area contributed by atoms with Crippen LogP contribution in [-0.4, -0.2) is 38.7 Å². The number of anilines is 1. The zero-order valence-corrected chi connectivity index (χ0v) is 18.6. The maximum atomic E-state index is 13.3. The van der Waals surface area contributed by atoms with E-state index in [1.165, 1.54) is 0 Å². The molecule has 5 aromatic rings. The molecule has 2 aromatic heterocycles. The Kier molecular flexibility index (Phi) is 4.50. The van der Waals surface area contributed by atoms with Crippen molar-refractivity contribution in [2.75, 3.05) is 12.3 Å². The van der Waals surface area contributed by atoms with Gasteiger partial charge in [0.25, 0.3) is 0 Å². The molecule has 170 valence electrons. The monoisotopic (exact) mass is 462 g/mol. The van der Waals surface area contributed by atoms with Gasteiger partial charge in [0, 0.05) is 27.9 Å². The summed E-state index contributed by atoms with van der Waals surface area (Å²) in [6.45, 7) is 1.87. The molecule has 0 radical (unpaired) electrons. The van der Waals surface area contributed by atoms with Crippen LogP contribution < -0.4 is 5.73 Å². The minimum absolute atomic E-state index is 0.0868. The number of nitrogens with two attached hydrogens (primary N) is 1. The number of hydrogen-bond acceptors (Lipinski definition) is 7. The van der Waals surface area contributed by atoms with Crippen molar-refractivity contribution in [2.24, 2.45) is 0 Å². The Balaban J connectivity index is 1.62. The number of esters is 1. The molecule has 8 heteroatoms. The molecule has 0 fully saturated rings. The second-order valence-corrected chi connectivity index (χ2v) is 8.13. The molecule has 0 bridgehead atoms. The van der Waals surface area contributed by atoms with Crippen molar-refractivity contribution in [3.8, 4) is 5.69 Å². The fourth-order valence-corrected chi connectivity index (χ4v) is 4.55. The van der Waals surface area contributed by atoms with E-state index in [9.17, 15) is 14.4 Å². The van der Waals surface area contributed by atoms with Gasteiger partial charge >= 0.3 is 5.97 Å². The summed E-state index contributed by atoms with van der Waals surface area (Å²) in [6, 6.07) is 18.9. The normalized spacial score (nSPS) is 12.6. The third-order valence-electron chi connectivity index (χ3n) is 6.14. The zero-order valence-electron chi connectivity index (χ0n) is 18.6. The molecule has 0 unspecified atom stereocenters. The number of carbonyl (C=O) groups is 3. The highest BCUT2D eigenvalue weighted by Crippen LogP contribution is 2.34. The van der Waals surface area contributed by atoms with Crippen LogP contribution in [0.1, 0.15) is 49.1 Å². The molecule has 1 aliphatic carbocycles. The predicted octanol–water partition coefficient (Wildman–Crippen LogP) is 4.11. The van der Waals surface area contributed by atoms with Gasteiger partial charge < -0.3 is 10.5 Å². The first kappa shape index (κ1) is 20.7. The molecule has 8 nitrogen and oxygen atoms in total. The summed E-state index contributed by atoms with van der Waals surface area (Å²) in [6.07, 6.45) is 0. The molecule has 35 heavy (non-hydrogen) atoms. The summed E-state index contributed by atoms with van der Waals surface area (Å²) in [7, 11) is 0. The van der Waals surface area contributed by atoms with Crippen LogP contribution in [0.15, 0.2) is 66.7 Å². The molecule has 0 spiro atoms. The van der Waals surface area contributed by atoms with Gasteiger partial charge in [-0.05, 0) is 37.3 Å². The lowest BCUT2D eigenvalue weighted by molar-refractivity contribution is 0.0529. The highest BCUT2D eigenvalue weighted by Gasteiger charge is 2.31. The number of aromatic nitrogens is 3. The largest absolute Gasteiger partial charge is 0.462 e. The van der Waals surface area contributed by atoms with Crippen molar-refractivity contribution in [1.29, 1.82) is 0 Å². The summed E-state index contributed by atoms with van der Waals surface area (Å²) in [5.74, 6) is -1.00. The molecule has 1 aliphatic rings. The topological polar surface area (TPSA) is 117 Å². The van der Waals surface area contributed by atoms with Crippen molar-refractivity contribution in [3.05, 3.63) is 94.5 Å². The molecule has 0 saturated carbocycles. The fraction of sp³-hybridized carbons (Fsp3) is 0.0741. The van der Waals surface area contributed by atoms with E-state index in [-0.39, 0.29) is 35.1 Å². The SMILES string of the molecule is CCOC(=O)c1c(N)n(-c2ccc3c(c2)C(=O)c2ccccc2C3=O)c2nc3ccccc3nc12. The maximum absolute atomic E-state index is 13.3. The molecule has 0 amide bonds.